The number of anilines is 1. The van der Waals surface area contributed by atoms with Crippen LogP contribution in [0.4, 0.5) is 10.5 Å². The fourth-order valence-corrected chi connectivity index (χ4v) is 1.61. The quantitative estimate of drug-likeness (QED) is 0.902. The molecule has 0 radical (unpaired) electrons. The smallest absolute Gasteiger partial charge is 0.319 e. The predicted octanol–water partition coefficient (Wildman–Crippen LogP) is 2.49. The molecule has 19 heavy (non-hydrogen) atoms. The van der Waals surface area contributed by atoms with Gasteiger partial charge in [0.25, 0.3) is 0 Å². The number of aromatic nitrogens is 2. The Balaban J connectivity index is 1.74. The topological polar surface area (TPSA) is 66.9 Å². The zero-order valence-corrected chi connectivity index (χ0v) is 10.9. The van der Waals surface area contributed by atoms with Crippen LogP contribution in [0.2, 0.25) is 5.02 Å². The Morgan fingerprint density at radius 3 is 2.53 bits per heavy atom. The molecule has 0 bridgehead atoms. The van der Waals surface area contributed by atoms with Gasteiger partial charge in [-0.25, -0.2) is 14.8 Å². The van der Waals surface area contributed by atoms with Crippen molar-refractivity contribution >= 4 is 23.3 Å². The van der Waals surface area contributed by atoms with Gasteiger partial charge < -0.3 is 10.6 Å². The summed E-state index contributed by atoms with van der Waals surface area (Å²) < 4.78 is 0. The molecule has 0 unspecified atom stereocenters. The lowest BCUT2D eigenvalue weighted by Gasteiger charge is -2.07. The van der Waals surface area contributed by atoms with Crippen molar-refractivity contribution in [2.24, 2.45) is 0 Å². The number of carbonyl (C=O) groups is 1. The first kappa shape index (κ1) is 13.3. The van der Waals surface area contributed by atoms with Gasteiger partial charge in [-0.2, -0.15) is 0 Å². The van der Waals surface area contributed by atoms with E-state index in [0.717, 1.165) is 5.56 Å². The van der Waals surface area contributed by atoms with Gasteiger partial charge in [0.1, 0.15) is 6.33 Å². The summed E-state index contributed by atoms with van der Waals surface area (Å²) in [5.41, 5.74) is 1.68. The van der Waals surface area contributed by atoms with Crippen molar-refractivity contribution < 1.29 is 4.79 Å². The van der Waals surface area contributed by atoms with Crippen LogP contribution < -0.4 is 10.6 Å². The second-order valence-corrected chi connectivity index (χ2v) is 4.32. The number of benzene rings is 1. The summed E-state index contributed by atoms with van der Waals surface area (Å²) >= 11 is 5.76. The van der Waals surface area contributed by atoms with Gasteiger partial charge in [0.05, 0.1) is 0 Å². The van der Waals surface area contributed by atoms with Crippen LogP contribution in [-0.2, 0) is 6.42 Å². The Kier molecular flexibility index (Phi) is 4.69. The van der Waals surface area contributed by atoms with Crippen LogP contribution in [0.1, 0.15) is 5.56 Å². The zero-order chi connectivity index (χ0) is 13.5. The molecule has 1 aromatic carbocycles. The average molecular weight is 277 g/mol. The van der Waals surface area contributed by atoms with Gasteiger partial charge in [0.15, 0.2) is 0 Å². The number of hydrogen-bond donors (Lipinski definition) is 2. The third-order valence-corrected chi connectivity index (χ3v) is 2.67. The van der Waals surface area contributed by atoms with Crippen LogP contribution in [0.25, 0.3) is 0 Å². The van der Waals surface area contributed by atoms with Crippen molar-refractivity contribution in [1.29, 1.82) is 0 Å². The van der Waals surface area contributed by atoms with E-state index in [4.69, 9.17) is 11.6 Å². The summed E-state index contributed by atoms with van der Waals surface area (Å²) in [5.74, 6) is 0. The van der Waals surface area contributed by atoms with Gasteiger partial charge in [-0.3, -0.25) is 0 Å². The van der Waals surface area contributed by atoms with Crippen LogP contribution in [0.3, 0.4) is 0 Å². The normalized spacial score (nSPS) is 9.95. The highest BCUT2D eigenvalue weighted by Gasteiger charge is 2.01. The Labute approximate surface area is 116 Å². The first-order valence-electron chi connectivity index (χ1n) is 5.78. The van der Waals surface area contributed by atoms with Crippen molar-refractivity contribution in [1.82, 2.24) is 15.3 Å². The highest BCUT2D eigenvalue weighted by Crippen LogP contribution is 2.12. The van der Waals surface area contributed by atoms with E-state index in [1.165, 1.54) is 6.33 Å². The molecule has 1 heterocycles. The standard InChI is InChI=1S/C13H13ClN4O/c14-11-1-3-12(4-2-11)18-13(19)17-6-5-10-7-15-9-16-8-10/h1-4,7-9H,5-6H2,(H2,17,18,19). The van der Waals surface area contributed by atoms with Crippen molar-refractivity contribution in [2.45, 2.75) is 6.42 Å². The molecule has 1 aromatic heterocycles. The Bertz CT molecular complexity index is 530. The first-order valence-corrected chi connectivity index (χ1v) is 6.16. The van der Waals surface area contributed by atoms with Crippen molar-refractivity contribution in [3.05, 3.63) is 53.6 Å². The second-order valence-electron chi connectivity index (χ2n) is 3.88. The van der Waals surface area contributed by atoms with Crippen LogP contribution in [0.5, 0.6) is 0 Å². The van der Waals surface area contributed by atoms with E-state index in [-0.39, 0.29) is 6.03 Å². The lowest BCUT2D eigenvalue weighted by molar-refractivity contribution is 0.252. The highest BCUT2D eigenvalue weighted by molar-refractivity contribution is 6.30. The molecule has 98 valence electrons. The van der Waals surface area contributed by atoms with E-state index in [9.17, 15) is 4.79 Å². The second kappa shape index (κ2) is 6.70. The van der Waals surface area contributed by atoms with Crippen LogP contribution in [0.15, 0.2) is 43.0 Å². The van der Waals surface area contributed by atoms with Crippen molar-refractivity contribution in [3.8, 4) is 0 Å². The summed E-state index contributed by atoms with van der Waals surface area (Å²) in [6, 6.07) is 6.68. The summed E-state index contributed by atoms with van der Waals surface area (Å²) in [7, 11) is 0. The Morgan fingerprint density at radius 2 is 1.84 bits per heavy atom. The van der Waals surface area contributed by atoms with E-state index < -0.39 is 0 Å². The summed E-state index contributed by atoms with van der Waals surface area (Å²) in [4.78, 5) is 19.4. The Hall–Kier alpha value is -2.14. The highest BCUT2D eigenvalue weighted by atomic mass is 35.5. The molecule has 2 N–H and O–H groups in total. The number of nitrogens with zero attached hydrogens (tertiary/aromatic N) is 2. The number of halogens is 1. The third kappa shape index (κ3) is 4.56. The van der Waals surface area contributed by atoms with Gasteiger partial charge in [-0.15, -0.1) is 0 Å². The molecule has 2 aromatic rings. The van der Waals surface area contributed by atoms with E-state index in [1.54, 1.807) is 36.7 Å². The van der Waals surface area contributed by atoms with Gasteiger partial charge >= 0.3 is 6.03 Å². The summed E-state index contributed by atoms with van der Waals surface area (Å²) in [5, 5.41) is 6.11. The number of nitrogens with one attached hydrogen (secondary N) is 2. The van der Waals surface area contributed by atoms with Gasteiger partial charge in [0.2, 0.25) is 0 Å². The van der Waals surface area contributed by atoms with Crippen molar-refractivity contribution in [2.75, 3.05) is 11.9 Å². The maximum absolute atomic E-state index is 11.6. The van der Waals surface area contributed by atoms with Gasteiger partial charge in [-0.05, 0) is 36.2 Å². The Morgan fingerprint density at radius 1 is 1.16 bits per heavy atom. The minimum Gasteiger partial charge on any atom is -0.338 e. The molecule has 0 aliphatic rings. The molecule has 6 heteroatoms. The molecule has 0 spiro atoms. The maximum atomic E-state index is 11.6. The first-order chi connectivity index (χ1) is 9.24. The van der Waals surface area contributed by atoms with Gasteiger partial charge in [-0.1, -0.05) is 11.6 Å². The maximum Gasteiger partial charge on any atom is 0.319 e. The minimum atomic E-state index is -0.251. The molecule has 5 nitrogen and oxygen atoms in total. The molecule has 0 saturated heterocycles. The summed E-state index contributed by atoms with van der Waals surface area (Å²) in [6.45, 7) is 0.521. The molecule has 2 amide bonds. The van der Waals surface area contributed by atoms with E-state index in [1.807, 2.05) is 0 Å². The van der Waals surface area contributed by atoms with E-state index in [0.29, 0.717) is 23.7 Å². The molecule has 0 aliphatic carbocycles. The fraction of sp³-hybridized carbons (Fsp3) is 0.154. The SMILES string of the molecule is O=C(NCCc1cncnc1)Nc1ccc(Cl)cc1. The van der Waals surface area contributed by atoms with Gasteiger partial charge in [0, 0.05) is 29.6 Å². The zero-order valence-electron chi connectivity index (χ0n) is 10.1. The number of urea groups is 1. The minimum absolute atomic E-state index is 0.251. The fourth-order valence-electron chi connectivity index (χ4n) is 1.49. The van der Waals surface area contributed by atoms with E-state index >= 15 is 0 Å². The molecular weight excluding hydrogens is 264 g/mol. The summed E-state index contributed by atoms with van der Waals surface area (Å²) in [6.07, 6.45) is 5.62. The molecular formula is C13H13ClN4O. The largest absolute Gasteiger partial charge is 0.338 e. The molecule has 0 fully saturated rings. The molecule has 0 saturated carbocycles. The predicted molar refractivity (Wildman–Crippen MR) is 74.2 cm³/mol. The lowest BCUT2D eigenvalue weighted by Crippen LogP contribution is -2.30. The average Bonchev–Trinajstić information content (AvgIpc) is 2.43. The monoisotopic (exact) mass is 276 g/mol. The molecule has 0 atom stereocenters. The number of hydrogen-bond acceptors (Lipinski definition) is 3. The van der Waals surface area contributed by atoms with Crippen molar-refractivity contribution in [3.63, 3.8) is 0 Å². The number of rotatable bonds is 4. The van der Waals surface area contributed by atoms with Crippen LogP contribution in [-0.4, -0.2) is 22.5 Å². The number of carbonyl (C=O) groups excluding carboxylic acids is 1. The number of amides is 2. The van der Waals surface area contributed by atoms with E-state index in [2.05, 4.69) is 20.6 Å². The van der Waals surface area contributed by atoms with Crippen LogP contribution >= 0.6 is 11.6 Å². The van der Waals surface area contributed by atoms with Crippen LogP contribution in [0, 0.1) is 0 Å². The molecule has 2 rings (SSSR count). The molecule has 0 aliphatic heterocycles. The lowest BCUT2D eigenvalue weighted by atomic mass is 10.2. The third-order valence-electron chi connectivity index (χ3n) is 2.42.